The van der Waals surface area contributed by atoms with Gasteiger partial charge in [-0.15, -0.1) is 0 Å². The Morgan fingerprint density at radius 1 is 1.31 bits per heavy atom. The van der Waals surface area contributed by atoms with E-state index in [1.54, 1.807) is 18.2 Å². The van der Waals surface area contributed by atoms with Crippen LogP contribution < -0.4 is 5.56 Å². The highest BCUT2D eigenvalue weighted by atomic mass is 35.5. The van der Waals surface area contributed by atoms with E-state index >= 15 is 0 Å². The molecule has 7 nitrogen and oxygen atoms in total. The van der Waals surface area contributed by atoms with E-state index in [1.807, 2.05) is 0 Å². The van der Waals surface area contributed by atoms with Crippen LogP contribution in [0.2, 0.25) is 5.02 Å². The fourth-order valence-corrected chi connectivity index (χ4v) is 2.96. The van der Waals surface area contributed by atoms with Crippen molar-refractivity contribution in [2.75, 3.05) is 7.11 Å². The molecule has 0 spiro atoms. The van der Waals surface area contributed by atoms with Crippen LogP contribution in [0.15, 0.2) is 47.4 Å². The third kappa shape index (κ3) is 3.21. The highest BCUT2D eigenvalue weighted by Crippen LogP contribution is 2.34. The minimum absolute atomic E-state index is 0.0548. The van der Waals surface area contributed by atoms with Crippen molar-refractivity contribution < 1.29 is 19.7 Å². The molecule has 2 aromatic heterocycles. The zero-order valence-corrected chi connectivity index (χ0v) is 14.5. The van der Waals surface area contributed by atoms with Crippen molar-refractivity contribution in [2.45, 2.75) is 12.3 Å². The Morgan fingerprint density at radius 3 is 2.77 bits per heavy atom. The first-order chi connectivity index (χ1) is 12.4. The molecular formula is C18H15ClN2O5. The van der Waals surface area contributed by atoms with E-state index in [9.17, 15) is 19.8 Å². The van der Waals surface area contributed by atoms with Crippen LogP contribution in [-0.2, 0) is 9.53 Å². The molecule has 1 atom stereocenters. The first-order valence-electron chi connectivity index (χ1n) is 7.68. The fourth-order valence-electron chi connectivity index (χ4n) is 2.77. The topological polar surface area (TPSA) is 101 Å². The van der Waals surface area contributed by atoms with Crippen LogP contribution in [-0.4, -0.2) is 32.7 Å². The molecule has 0 amide bonds. The third-order valence-corrected chi connectivity index (χ3v) is 4.37. The van der Waals surface area contributed by atoms with Gasteiger partial charge >= 0.3 is 5.97 Å². The number of methoxy groups -OCH3 is 1. The van der Waals surface area contributed by atoms with Crippen LogP contribution in [0, 0.1) is 0 Å². The number of nitrogens with zero attached hydrogens (tertiary/aromatic N) is 2. The average Bonchev–Trinajstić information content (AvgIpc) is 2.63. The normalized spacial score (nSPS) is 12.1. The Bertz CT molecular complexity index is 1050. The summed E-state index contributed by atoms with van der Waals surface area (Å²) in [5.41, 5.74) is 0.176. The second kappa shape index (κ2) is 7.05. The van der Waals surface area contributed by atoms with E-state index in [2.05, 4.69) is 4.98 Å². The largest absolute Gasteiger partial charge is 0.506 e. The van der Waals surface area contributed by atoms with Gasteiger partial charge < -0.3 is 14.9 Å². The van der Waals surface area contributed by atoms with E-state index in [0.717, 1.165) is 0 Å². The predicted octanol–water partition coefficient (Wildman–Crippen LogP) is 2.45. The average molecular weight is 375 g/mol. The van der Waals surface area contributed by atoms with Crippen molar-refractivity contribution >= 4 is 23.2 Å². The van der Waals surface area contributed by atoms with Gasteiger partial charge in [-0.3, -0.25) is 14.0 Å². The van der Waals surface area contributed by atoms with Gasteiger partial charge in [0, 0.05) is 12.1 Å². The lowest BCUT2D eigenvalue weighted by molar-refractivity contribution is -0.140. The van der Waals surface area contributed by atoms with Crippen molar-refractivity contribution in [3.63, 3.8) is 0 Å². The molecule has 0 saturated heterocycles. The maximum atomic E-state index is 12.9. The molecule has 0 aliphatic heterocycles. The number of phenolic OH excluding ortho intramolecular Hbond substituents is 1. The van der Waals surface area contributed by atoms with E-state index in [-0.39, 0.29) is 28.4 Å². The highest BCUT2D eigenvalue weighted by molar-refractivity contribution is 6.32. The smallest absolute Gasteiger partial charge is 0.306 e. The summed E-state index contributed by atoms with van der Waals surface area (Å²) in [6, 6.07) is 9.23. The monoisotopic (exact) mass is 374 g/mol. The molecule has 3 rings (SSSR count). The first kappa shape index (κ1) is 17.8. The summed E-state index contributed by atoms with van der Waals surface area (Å²) >= 11 is 5.96. The highest BCUT2D eigenvalue weighted by Gasteiger charge is 2.27. The lowest BCUT2D eigenvalue weighted by Crippen LogP contribution is -2.24. The summed E-state index contributed by atoms with van der Waals surface area (Å²) in [6.45, 7) is 0. The number of carbonyl (C=O) groups excluding carboxylic acids is 1. The number of carbonyl (C=O) groups is 1. The molecule has 0 aliphatic carbocycles. The van der Waals surface area contributed by atoms with Crippen LogP contribution in [0.3, 0.4) is 0 Å². The van der Waals surface area contributed by atoms with Crippen LogP contribution in [0.4, 0.5) is 0 Å². The third-order valence-electron chi connectivity index (χ3n) is 4.07. The molecule has 8 heteroatoms. The second-order valence-corrected chi connectivity index (χ2v) is 6.03. The lowest BCUT2D eigenvalue weighted by Gasteiger charge is -2.18. The number of benzene rings is 1. The number of halogens is 1. The molecule has 2 N–H and O–H groups in total. The van der Waals surface area contributed by atoms with Crippen LogP contribution in [0.25, 0.3) is 5.65 Å². The summed E-state index contributed by atoms with van der Waals surface area (Å²) in [5, 5.41) is 20.1. The number of hydrogen-bond acceptors (Lipinski definition) is 6. The summed E-state index contributed by atoms with van der Waals surface area (Å²) in [6.07, 6.45) is 1.31. The lowest BCUT2D eigenvalue weighted by atomic mass is 9.89. The maximum Gasteiger partial charge on any atom is 0.306 e. The minimum atomic E-state index is -0.849. The molecule has 26 heavy (non-hydrogen) atoms. The Labute approximate surface area is 153 Å². The minimum Gasteiger partial charge on any atom is -0.506 e. The van der Waals surface area contributed by atoms with Gasteiger partial charge in [-0.2, -0.15) is 4.98 Å². The second-order valence-electron chi connectivity index (χ2n) is 5.63. The van der Waals surface area contributed by atoms with Crippen LogP contribution >= 0.6 is 11.6 Å². The SMILES string of the molecule is COC(=O)C[C@@H](c1ccc(O)c(Cl)c1)c1c(O)nc2ccccn2c1=O. The van der Waals surface area contributed by atoms with Crippen molar-refractivity contribution in [3.8, 4) is 11.6 Å². The first-order valence-corrected chi connectivity index (χ1v) is 8.05. The van der Waals surface area contributed by atoms with Crippen molar-refractivity contribution in [1.29, 1.82) is 0 Å². The van der Waals surface area contributed by atoms with Gasteiger partial charge in [0.2, 0.25) is 5.88 Å². The zero-order valence-electron chi connectivity index (χ0n) is 13.7. The van der Waals surface area contributed by atoms with E-state index in [4.69, 9.17) is 16.3 Å². The van der Waals surface area contributed by atoms with Crippen molar-refractivity contribution in [3.05, 3.63) is 69.1 Å². The molecule has 134 valence electrons. The fraction of sp³-hybridized carbons (Fsp3) is 0.167. The zero-order chi connectivity index (χ0) is 18.8. The standard InChI is InChI=1S/C18H15ClN2O5/c1-26-15(23)9-11(10-5-6-13(22)12(19)8-10)16-17(24)20-14-4-2-3-7-21(14)18(16)25/h2-8,11,22,24H,9H2,1H3/t11-/m0/s1. The number of pyridine rings is 1. The number of phenols is 1. The number of esters is 1. The van der Waals surface area contributed by atoms with Gasteiger partial charge in [0.15, 0.2) is 0 Å². The summed E-state index contributed by atoms with van der Waals surface area (Å²) in [7, 11) is 1.23. The molecular weight excluding hydrogens is 360 g/mol. The van der Waals surface area contributed by atoms with Gasteiger partial charge in [0.05, 0.1) is 24.1 Å². The predicted molar refractivity (Wildman–Crippen MR) is 94.7 cm³/mol. The number of hydrogen-bond donors (Lipinski definition) is 2. The van der Waals surface area contributed by atoms with E-state index in [1.165, 1.54) is 35.9 Å². The number of rotatable bonds is 4. The van der Waals surface area contributed by atoms with Crippen molar-refractivity contribution in [2.24, 2.45) is 0 Å². The molecule has 1 aromatic carbocycles. The maximum absolute atomic E-state index is 12.9. The summed E-state index contributed by atoms with van der Waals surface area (Å²) < 4.78 is 5.99. The van der Waals surface area contributed by atoms with Gasteiger partial charge in [-0.1, -0.05) is 23.7 Å². The van der Waals surface area contributed by atoms with Crippen LogP contribution in [0.1, 0.15) is 23.5 Å². The molecule has 0 fully saturated rings. The van der Waals surface area contributed by atoms with Gasteiger partial charge in [0.25, 0.3) is 5.56 Å². The number of aromatic hydroxyl groups is 2. The quantitative estimate of drug-likeness (QED) is 0.680. The summed E-state index contributed by atoms with van der Waals surface area (Å²) in [5.74, 6) is -2.03. The van der Waals surface area contributed by atoms with Gasteiger partial charge in [-0.05, 0) is 29.8 Å². The molecule has 0 radical (unpaired) electrons. The van der Waals surface area contributed by atoms with Crippen molar-refractivity contribution in [1.82, 2.24) is 9.38 Å². The molecule has 3 aromatic rings. The number of aromatic nitrogens is 2. The van der Waals surface area contributed by atoms with Crippen LogP contribution in [0.5, 0.6) is 11.6 Å². The van der Waals surface area contributed by atoms with Gasteiger partial charge in [-0.25, -0.2) is 0 Å². The molecule has 0 saturated carbocycles. The summed E-state index contributed by atoms with van der Waals surface area (Å²) in [4.78, 5) is 28.8. The Balaban J connectivity index is 2.24. The molecule has 0 aliphatic rings. The number of ether oxygens (including phenoxy) is 1. The van der Waals surface area contributed by atoms with Gasteiger partial charge in [0.1, 0.15) is 11.4 Å². The molecule has 0 bridgehead atoms. The number of fused-ring (bicyclic) bond motifs is 1. The Morgan fingerprint density at radius 2 is 2.08 bits per heavy atom. The molecule has 0 unspecified atom stereocenters. The Kier molecular flexibility index (Phi) is 4.81. The van der Waals surface area contributed by atoms with E-state index in [0.29, 0.717) is 5.56 Å². The van der Waals surface area contributed by atoms with E-state index < -0.39 is 23.3 Å². The molecule has 2 heterocycles. The Hall–Kier alpha value is -3.06.